The van der Waals surface area contributed by atoms with Crippen molar-refractivity contribution in [1.82, 2.24) is 10.3 Å². The summed E-state index contributed by atoms with van der Waals surface area (Å²) in [5, 5.41) is 0.225. The van der Waals surface area contributed by atoms with Crippen LogP contribution in [0.4, 0.5) is 0 Å². The van der Waals surface area contributed by atoms with Gasteiger partial charge >= 0.3 is 0 Å². The number of hydrazine groups is 1. The summed E-state index contributed by atoms with van der Waals surface area (Å²) in [5.74, 6) is 0. The molecule has 0 aliphatic carbocycles. The van der Waals surface area contributed by atoms with Crippen LogP contribution in [-0.2, 0) is 10.0 Å². The van der Waals surface area contributed by atoms with Gasteiger partial charge in [-0.15, -0.1) is 4.83 Å². The lowest BCUT2D eigenvalue weighted by Gasteiger charge is -2.08. The Balaban J connectivity index is 3.02. The highest BCUT2D eigenvalue weighted by Crippen LogP contribution is 2.21. The van der Waals surface area contributed by atoms with Crippen molar-refractivity contribution in [2.75, 3.05) is 0 Å². The molecule has 5 nitrogen and oxygen atoms in total. The molecule has 0 aliphatic heterocycles. The normalized spacial score (nSPS) is 11.1. The first-order chi connectivity index (χ1) is 7.31. The Labute approximate surface area is 108 Å². The third kappa shape index (κ3) is 3.76. The smallest absolute Gasteiger partial charge is 0.257 e. The Kier molecular flexibility index (Phi) is 4.34. The molecule has 16 heavy (non-hydrogen) atoms. The number of benzene rings is 1. The topological polar surface area (TPSA) is 84.2 Å². The summed E-state index contributed by atoms with van der Waals surface area (Å²) in [6, 6.07) is 3.91. The number of sulfonamides is 1. The van der Waals surface area contributed by atoms with E-state index in [2.05, 4.69) is 17.6 Å². The monoisotopic (exact) mass is 299 g/mol. The predicted molar refractivity (Wildman–Crippen MR) is 66.7 cm³/mol. The molecular weight excluding hydrogens is 293 g/mol. The van der Waals surface area contributed by atoms with Crippen molar-refractivity contribution in [3.8, 4) is 0 Å². The fourth-order valence-corrected chi connectivity index (χ4v) is 2.56. The molecule has 1 aromatic carbocycles. The molecule has 0 fully saturated rings. The zero-order valence-electron chi connectivity index (χ0n) is 7.70. The van der Waals surface area contributed by atoms with Gasteiger partial charge in [-0.05, 0) is 30.4 Å². The van der Waals surface area contributed by atoms with Crippen LogP contribution >= 0.6 is 35.4 Å². The molecule has 0 spiro atoms. The molecule has 1 rings (SSSR count). The molecule has 0 aromatic heterocycles. The lowest BCUT2D eigenvalue weighted by Crippen LogP contribution is -2.44. The Morgan fingerprint density at radius 2 is 1.75 bits per heavy atom. The van der Waals surface area contributed by atoms with Gasteiger partial charge < -0.3 is 5.73 Å². The maximum Gasteiger partial charge on any atom is 0.257 e. The number of hydrogen-bond acceptors (Lipinski definition) is 3. The first-order valence-corrected chi connectivity index (χ1v) is 6.49. The van der Waals surface area contributed by atoms with E-state index in [0.29, 0.717) is 0 Å². The van der Waals surface area contributed by atoms with Gasteiger partial charge in [0.05, 0.1) is 4.90 Å². The molecule has 0 bridgehead atoms. The molecule has 88 valence electrons. The molecule has 0 atom stereocenters. The van der Waals surface area contributed by atoms with Gasteiger partial charge in [-0.3, -0.25) is 5.43 Å². The molecule has 0 saturated carbocycles. The van der Waals surface area contributed by atoms with Gasteiger partial charge in [0.15, 0.2) is 5.11 Å². The van der Waals surface area contributed by atoms with Crippen LogP contribution in [0.5, 0.6) is 0 Å². The third-order valence-electron chi connectivity index (χ3n) is 1.45. The predicted octanol–water partition coefficient (Wildman–Crippen LogP) is 1.02. The molecule has 0 unspecified atom stereocenters. The number of nitrogens with two attached hydrogens (primary N) is 1. The number of nitrogens with one attached hydrogen (secondary N) is 2. The van der Waals surface area contributed by atoms with E-state index < -0.39 is 10.0 Å². The Hall–Kier alpha value is -0.600. The van der Waals surface area contributed by atoms with Crippen molar-refractivity contribution < 1.29 is 8.42 Å². The lowest BCUT2D eigenvalue weighted by atomic mass is 10.4. The van der Waals surface area contributed by atoms with Gasteiger partial charge in [0.25, 0.3) is 10.0 Å². The van der Waals surface area contributed by atoms with E-state index in [9.17, 15) is 8.42 Å². The van der Waals surface area contributed by atoms with E-state index in [0.717, 1.165) is 0 Å². The van der Waals surface area contributed by atoms with Crippen LogP contribution in [0.15, 0.2) is 23.1 Å². The van der Waals surface area contributed by atoms with Gasteiger partial charge in [0.1, 0.15) is 0 Å². The summed E-state index contributed by atoms with van der Waals surface area (Å²) >= 11 is 15.8. The average molecular weight is 300 g/mol. The van der Waals surface area contributed by atoms with E-state index >= 15 is 0 Å². The molecular formula is C7H7Cl2N3O2S2. The molecule has 0 radical (unpaired) electrons. The van der Waals surface area contributed by atoms with Crippen LogP contribution < -0.4 is 16.0 Å². The summed E-state index contributed by atoms with van der Waals surface area (Å²) < 4.78 is 23.3. The van der Waals surface area contributed by atoms with Crippen molar-refractivity contribution in [2.45, 2.75) is 4.90 Å². The van der Waals surface area contributed by atoms with Crippen molar-refractivity contribution in [1.29, 1.82) is 0 Å². The highest BCUT2D eigenvalue weighted by Gasteiger charge is 2.15. The zero-order chi connectivity index (χ0) is 12.3. The molecule has 4 N–H and O–H groups in total. The van der Waals surface area contributed by atoms with Crippen LogP contribution in [0.25, 0.3) is 0 Å². The largest absolute Gasteiger partial charge is 0.375 e. The first kappa shape index (κ1) is 13.5. The highest BCUT2D eigenvalue weighted by atomic mass is 35.5. The lowest BCUT2D eigenvalue weighted by molar-refractivity contribution is 0.577. The van der Waals surface area contributed by atoms with Crippen molar-refractivity contribution in [3.05, 3.63) is 28.2 Å². The van der Waals surface area contributed by atoms with Crippen LogP contribution in [-0.4, -0.2) is 13.5 Å². The van der Waals surface area contributed by atoms with Crippen molar-refractivity contribution >= 4 is 50.6 Å². The van der Waals surface area contributed by atoms with Gasteiger partial charge in [-0.1, -0.05) is 23.2 Å². The van der Waals surface area contributed by atoms with Crippen LogP contribution in [0.3, 0.4) is 0 Å². The number of hydrogen-bond donors (Lipinski definition) is 3. The second-order valence-corrected chi connectivity index (χ2v) is 5.70. The van der Waals surface area contributed by atoms with E-state index in [4.69, 9.17) is 28.9 Å². The molecule has 0 amide bonds. The molecule has 0 heterocycles. The second kappa shape index (κ2) is 5.15. The van der Waals surface area contributed by atoms with Crippen LogP contribution in [0.2, 0.25) is 10.0 Å². The Morgan fingerprint density at radius 3 is 2.19 bits per heavy atom. The Morgan fingerprint density at radius 1 is 1.25 bits per heavy atom. The zero-order valence-corrected chi connectivity index (χ0v) is 10.8. The first-order valence-electron chi connectivity index (χ1n) is 3.84. The minimum absolute atomic E-state index is 0.0891. The summed E-state index contributed by atoms with van der Waals surface area (Å²) in [7, 11) is -3.80. The molecule has 0 aliphatic rings. The fraction of sp³-hybridized carbons (Fsp3) is 0. The summed E-state index contributed by atoms with van der Waals surface area (Å²) in [6.45, 7) is 0. The number of thiocarbonyl (C=S) groups is 1. The van der Waals surface area contributed by atoms with Gasteiger partial charge in [-0.2, -0.15) is 0 Å². The van der Waals surface area contributed by atoms with Gasteiger partial charge in [0.2, 0.25) is 0 Å². The van der Waals surface area contributed by atoms with E-state index in [-0.39, 0.29) is 20.1 Å². The second-order valence-electron chi connectivity index (χ2n) is 2.70. The highest BCUT2D eigenvalue weighted by molar-refractivity contribution is 7.89. The maximum absolute atomic E-state index is 11.6. The SMILES string of the molecule is NC(=S)NNS(=O)(=O)c1cc(Cl)cc(Cl)c1. The van der Waals surface area contributed by atoms with E-state index in [1.54, 1.807) is 0 Å². The fourth-order valence-electron chi connectivity index (χ4n) is 0.860. The standard InChI is InChI=1S/C7H7Cl2N3O2S2/c8-4-1-5(9)3-6(2-4)16(13,14)12-11-7(10)15/h1-3,12H,(H3,10,11,15). The van der Waals surface area contributed by atoms with E-state index in [1.807, 2.05) is 4.83 Å². The number of halogens is 2. The number of rotatable bonds is 3. The van der Waals surface area contributed by atoms with E-state index in [1.165, 1.54) is 18.2 Å². The van der Waals surface area contributed by atoms with Crippen LogP contribution in [0.1, 0.15) is 0 Å². The van der Waals surface area contributed by atoms with Crippen LogP contribution in [0, 0.1) is 0 Å². The molecule has 1 aromatic rings. The minimum Gasteiger partial charge on any atom is -0.375 e. The molecule has 9 heteroatoms. The maximum atomic E-state index is 11.6. The quantitative estimate of drug-likeness (QED) is 0.573. The summed E-state index contributed by atoms with van der Waals surface area (Å²) in [4.78, 5) is 1.88. The average Bonchev–Trinajstić information content (AvgIpc) is 2.13. The van der Waals surface area contributed by atoms with Gasteiger partial charge in [0, 0.05) is 10.0 Å². The minimum atomic E-state index is -3.80. The van der Waals surface area contributed by atoms with Gasteiger partial charge in [-0.25, -0.2) is 8.42 Å². The summed E-state index contributed by atoms with van der Waals surface area (Å²) in [6.07, 6.45) is 0. The van der Waals surface area contributed by atoms with Crippen molar-refractivity contribution in [2.24, 2.45) is 5.73 Å². The molecule has 0 saturated heterocycles. The Bertz CT molecular complexity index is 498. The third-order valence-corrected chi connectivity index (χ3v) is 3.22. The summed E-state index contributed by atoms with van der Waals surface area (Å²) in [5.41, 5.74) is 7.19. The van der Waals surface area contributed by atoms with Crippen molar-refractivity contribution in [3.63, 3.8) is 0 Å².